The summed E-state index contributed by atoms with van der Waals surface area (Å²) in [7, 11) is 1.69. The minimum Gasteiger partial charge on any atom is -0.497 e. The molecule has 6 heteroatoms. The Hall–Kier alpha value is -3.48. The maximum absolute atomic E-state index is 12.5. The maximum atomic E-state index is 12.5. The van der Waals surface area contributed by atoms with Gasteiger partial charge in [-0.25, -0.2) is 4.98 Å². The van der Waals surface area contributed by atoms with Crippen molar-refractivity contribution < 1.29 is 9.53 Å². The molecule has 5 nitrogen and oxygen atoms in total. The molecule has 0 aliphatic heterocycles. The van der Waals surface area contributed by atoms with Gasteiger partial charge in [0.15, 0.2) is 0 Å². The lowest BCUT2D eigenvalue weighted by Gasteiger charge is -2.25. The molecule has 3 aromatic carbocycles. The highest BCUT2D eigenvalue weighted by Crippen LogP contribution is 2.29. The summed E-state index contributed by atoms with van der Waals surface area (Å²) in [5.41, 5.74) is 4.36. The molecule has 1 aromatic heterocycles. The Morgan fingerprint density at radius 2 is 1.55 bits per heavy atom. The number of aromatic nitrogens is 1. The van der Waals surface area contributed by atoms with Crippen LogP contribution in [0.5, 0.6) is 5.75 Å². The van der Waals surface area contributed by atoms with Crippen LogP contribution in [-0.2, 0) is 13.1 Å². The first kappa shape index (κ1) is 27.6. The number of carbonyl (C=O) groups excluding carboxylic acids is 1. The van der Waals surface area contributed by atoms with E-state index in [4.69, 9.17) is 4.74 Å². The first-order valence-electron chi connectivity index (χ1n) is 13.2. The number of amides is 1. The fourth-order valence-electron chi connectivity index (χ4n) is 4.48. The van der Waals surface area contributed by atoms with Crippen molar-refractivity contribution in [3.63, 3.8) is 0 Å². The lowest BCUT2D eigenvalue weighted by Crippen LogP contribution is -2.28. The standard InChI is InChI=1S/C32H37N3O2S/c1-24(2)20-33-32(36)30-23-38-31(34-30)22-35(21-25-14-16-28(37-3)17-15-25)19-18-29(26-10-6-4-7-11-26)27-12-8-5-9-13-27/h4-17,23-24,29H,18-22H2,1-3H3,(H,33,36). The molecule has 4 aromatic rings. The molecule has 0 bridgehead atoms. The van der Waals surface area contributed by atoms with Crippen molar-refractivity contribution in [2.45, 2.75) is 39.3 Å². The van der Waals surface area contributed by atoms with Crippen molar-refractivity contribution in [1.29, 1.82) is 0 Å². The van der Waals surface area contributed by atoms with Crippen LogP contribution >= 0.6 is 11.3 Å². The third kappa shape index (κ3) is 8.01. The molecule has 0 aliphatic rings. The predicted molar refractivity (Wildman–Crippen MR) is 156 cm³/mol. The highest BCUT2D eigenvalue weighted by molar-refractivity contribution is 7.09. The number of methoxy groups -OCH3 is 1. The first-order chi connectivity index (χ1) is 18.5. The SMILES string of the molecule is COc1ccc(CN(CCC(c2ccccc2)c2ccccc2)Cc2nc(C(=O)NCC(C)C)cs2)cc1. The second kappa shape index (κ2) is 13.9. The minimum atomic E-state index is -0.101. The van der Waals surface area contributed by atoms with Crippen molar-refractivity contribution in [2.75, 3.05) is 20.2 Å². The van der Waals surface area contributed by atoms with E-state index < -0.39 is 0 Å². The Morgan fingerprint density at radius 3 is 2.13 bits per heavy atom. The van der Waals surface area contributed by atoms with Gasteiger partial charge in [0.2, 0.25) is 0 Å². The third-order valence-electron chi connectivity index (χ3n) is 6.52. The topological polar surface area (TPSA) is 54.5 Å². The van der Waals surface area contributed by atoms with E-state index in [1.807, 2.05) is 17.5 Å². The fraction of sp³-hybridized carbons (Fsp3) is 0.312. The molecule has 0 saturated heterocycles. The van der Waals surface area contributed by atoms with Gasteiger partial charge in [-0.3, -0.25) is 9.69 Å². The van der Waals surface area contributed by atoms with Gasteiger partial charge in [-0.1, -0.05) is 86.6 Å². The van der Waals surface area contributed by atoms with Crippen LogP contribution in [0.15, 0.2) is 90.3 Å². The monoisotopic (exact) mass is 527 g/mol. The van der Waals surface area contributed by atoms with Crippen LogP contribution in [0.2, 0.25) is 0 Å². The van der Waals surface area contributed by atoms with Gasteiger partial charge in [-0.2, -0.15) is 0 Å². The van der Waals surface area contributed by atoms with Crippen LogP contribution in [0.25, 0.3) is 0 Å². The number of hydrogen-bond acceptors (Lipinski definition) is 5. The highest BCUT2D eigenvalue weighted by Gasteiger charge is 2.18. The Morgan fingerprint density at radius 1 is 0.921 bits per heavy atom. The maximum Gasteiger partial charge on any atom is 0.270 e. The zero-order valence-electron chi connectivity index (χ0n) is 22.5. The molecule has 0 atom stereocenters. The van der Waals surface area contributed by atoms with Crippen molar-refractivity contribution in [1.82, 2.24) is 15.2 Å². The molecule has 198 valence electrons. The molecular formula is C32H37N3O2S. The van der Waals surface area contributed by atoms with Crippen molar-refractivity contribution in [3.8, 4) is 5.75 Å². The number of thiazole rings is 1. The van der Waals surface area contributed by atoms with E-state index >= 15 is 0 Å². The molecule has 1 N–H and O–H groups in total. The highest BCUT2D eigenvalue weighted by atomic mass is 32.1. The van der Waals surface area contributed by atoms with E-state index in [2.05, 4.69) is 102 Å². The number of carbonyl (C=O) groups is 1. The van der Waals surface area contributed by atoms with E-state index in [0.717, 1.165) is 30.3 Å². The molecule has 4 rings (SSSR count). The van der Waals surface area contributed by atoms with Crippen LogP contribution in [-0.4, -0.2) is 36.0 Å². The second-order valence-corrected chi connectivity index (χ2v) is 10.9. The summed E-state index contributed by atoms with van der Waals surface area (Å²) in [6.45, 7) is 7.17. The fourth-order valence-corrected chi connectivity index (χ4v) is 5.29. The molecule has 0 radical (unpaired) electrons. The summed E-state index contributed by atoms with van der Waals surface area (Å²) < 4.78 is 5.35. The number of nitrogens with one attached hydrogen (secondary N) is 1. The van der Waals surface area contributed by atoms with Crippen molar-refractivity contribution >= 4 is 17.2 Å². The largest absolute Gasteiger partial charge is 0.497 e. The molecular weight excluding hydrogens is 490 g/mol. The minimum absolute atomic E-state index is 0.101. The number of hydrogen-bond donors (Lipinski definition) is 1. The zero-order chi connectivity index (χ0) is 26.7. The van der Waals surface area contributed by atoms with Gasteiger partial charge in [-0.05, 0) is 47.7 Å². The van der Waals surface area contributed by atoms with Gasteiger partial charge in [-0.15, -0.1) is 11.3 Å². The normalized spacial score (nSPS) is 11.3. The van der Waals surface area contributed by atoms with Gasteiger partial charge in [0.25, 0.3) is 5.91 Å². The predicted octanol–water partition coefficient (Wildman–Crippen LogP) is 6.76. The number of rotatable bonds is 13. The third-order valence-corrected chi connectivity index (χ3v) is 7.35. The molecule has 1 heterocycles. The Kier molecular flexibility index (Phi) is 10.1. The van der Waals surface area contributed by atoms with E-state index in [0.29, 0.717) is 30.6 Å². The first-order valence-corrected chi connectivity index (χ1v) is 14.1. The van der Waals surface area contributed by atoms with Gasteiger partial charge in [0.05, 0.1) is 13.7 Å². The Bertz CT molecular complexity index is 1220. The number of benzene rings is 3. The lowest BCUT2D eigenvalue weighted by atomic mass is 9.88. The molecule has 0 fully saturated rings. The summed E-state index contributed by atoms with van der Waals surface area (Å²) in [5, 5.41) is 5.79. The van der Waals surface area contributed by atoms with Gasteiger partial charge in [0, 0.05) is 24.4 Å². The van der Waals surface area contributed by atoms with Crippen LogP contribution in [0.3, 0.4) is 0 Å². The summed E-state index contributed by atoms with van der Waals surface area (Å²) in [5.74, 6) is 1.45. The molecule has 1 amide bonds. The van der Waals surface area contributed by atoms with Crippen molar-refractivity contribution in [3.05, 3.63) is 118 Å². The summed E-state index contributed by atoms with van der Waals surface area (Å²) in [6, 6.07) is 29.7. The molecule has 0 unspecified atom stereocenters. The molecule has 38 heavy (non-hydrogen) atoms. The molecule has 0 saturated carbocycles. The van der Waals surface area contributed by atoms with Crippen molar-refractivity contribution in [2.24, 2.45) is 5.92 Å². The van der Waals surface area contributed by atoms with Crippen LogP contribution < -0.4 is 10.1 Å². The Balaban J connectivity index is 1.52. The lowest BCUT2D eigenvalue weighted by molar-refractivity contribution is 0.0944. The number of ether oxygens (including phenoxy) is 1. The number of nitrogens with zero attached hydrogens (tertiary/aromatic N) is 2. The summed E-state index contributed by atoms with van der Waals surface area (Å²) in [4.78, 5) is 19.6. The average molecular weight is 528 g/mol. The van der Waals surface area contributed by atoms with E-state index in [1.54, 1.807) is 18.4 Å². The van der Waals surface area contributed by atoms with E-state index in [-0.39, 0.29) is 5.91 Å². The van der Waals surface area contributed by atoms with Crippen LogP contribution in [0.1, 0.15) is 58.4 Å². The summed E-state index contributed by atoms with van der Waals surface area (Å²) in [6.07, 6.45) is 0.970. The van der Waals surface area contributed by atoms with E-state index in [1.165, 1.54) is 16.7 Å². The zero-order valence-corrected chi connectivity index (χ0v) is 23.3. The smallest absolute Gasteiger partial charge is 0.270 e. The van der Waals surface area contributed by atoms with Crippen LogP contribution in [0, 0.1) is 5.92 Å². The Labute approximate surface area is 230 Å². The van der Waals surface area contributed by atoms with E-state index in [9.17, 15) is 4.79 Å². The van der Waals surface area contributed by atoms with Crippen LogP contribution in [0.4, 0.5) is 0 Å². The quantitative estimate of drug-likeness (QED) is 0.209. The van der Waals surface area contributed by atoms with Gasteiger partial charge < -0.3 is 10.1 Å². The average Bonchev–Trinajstić information content (AvgIpc) is 3.42. The second-order valence-electron chi connectivity index (χ2n) is 9.95. The van der Waals surface area contributed by atoms with Gasteiger partial charge in [0.1, 0.15) is 16.5 Å². The molecule has 0 spiro atoms. The molecule has 0 aliphatic carbocycles. The van der Waals surface area contributed by atoms with Gasteiger partial charge >= 0.3 is 0 Å². The summed E-state index contributed by atoms with van der Waals surface area (Å²) >= 11 is 1.55.